The number of H-pyrrole nitrogens is 1. The van der Waals surface area contributed by atoms with E-state index < -0.39 is 0 Å². The zero-order valence-electron chi connectivity index (χ0n) is 15.5. The lowest BCUT2D eigenvalue weighted by molar-refractivity contribution is 0.101. The molecule has 0 spiro atoms. The highest BCUT2D eigenvalue weighted by Gasteiger charge is 2.22. The molecular formula is C20H25ClN4O2. The maximum Gasteiger partial charge on any atom is 0.159 e. The number of halogens is 1. The van der Waals surface area contributed by atoms with Gasteiger partial charge >= 0.3 is 0 Å². The Kier molecular flexibility index (Phi) is 6.70. The molecule has 1 fully saturated rings. The van der Waals surface area contributed by atoms with Crippen LogP contribution in [-0.2, 0) is 0 Å². The summed E-state index contributed by atoms with van der Waals surface area (Å²) in [6.45, 7) is 4.81. The predicted octanol–water partition coefficient (Wildman–Crippen LogP) is 3.28. The third-order valence-corrected chi connectivity index (χ3v) is 4.98. The standard InChI is InChI=1S/C20H22N4O.ClH.H2O/c1-12-9-16(7-8-21-12)20-22-11-19-18(24-20)10-17(23-19)15-5-3-14(4-6-15)13(2)25;;/h3-6,10-12,16,21,23H,7-9H2,1-2H3;1H;1H2. The maximum absolute atomic E-state index is 11.4. The van der Waals surface area contributed by atoms with Gasteiger partial charge in [-0.2, -0.15) is 0 Å². The fourth-order valence-corrected chi connectivity index (χ4v) is 3.54. The summed E-state index contributed by atoms with van der Waals surface area (Å²) in [6, 6.07) is 10.2. The van der Waals surface area contributed by atoms with Crippen molar-refractivity contribution in [2.24, 2.45) is 0 Å². The zero-order valence-corrected chi connectivity index (χ0v) is 16.3. The van der Waals surface area contributed by atoms with Crippen LogP contribution in [0.5, 0.6) is 0 Å². The third kappa shape index (κ3) is 4.35. The molecule has 6 nitrogen and oxygen atoms in total. The Morgan fingerprint density at radius 2 is 1.96 bits per heavy atom. The van der Waals surface area contributed by atoms with E-state index >= 15 is 0 Å². The van der Waals surface area contributed by atoms with Gasteiger partial charge in [-0.1, -0.05) is 24.3 Å². The number of rotatable bonds is 3. The summed E-state index contributed by atoms with van der Waals surface area (Å²) >= 11 is 0. The second kappa shape index (κ2) is 8.61. The van der Waals surface area contributed by atoms with Gasteiger partial charge in [0.15, 0.2) is 5.78 Å². The minimum Gasteiger partial charge on any atom is -0.412 e. The SMILES string of the molecule is CC(=O)c1ccc(-c2cc3nc(C4CCNC(C)C4)ncc3[nH]2)cc1.Cl.O. The van der Waals surface area contributed by atoms with Crippen molar-refractivity contribution in [2.75, 3.05) is 6.54 Å². The number of aromatic amines is 1. The van der Waals surface area contributed by atoms with Crippen molar-refractivity contribution < 1.29 is 10.3 Å². The highest BCUT2D eigenvalue weighted by molar-refractivity contribution is 5.94. The number of piperidine rings is 1. The van der Waals surface area contributed by atoms with Gasteiger partial charge in [-0.05, 0) is 44.9 Å². The molecule has 2 atom stereocenters. The Bertz CT molecular complexity index is 923. The second-order valence-corrected chi connectivity index (χ2v) is 6.92. The van der Waals surface area contributed by atoms with Gasteiger partial charge in [0.05, 0.1) is 17.2 Å². The molecule has 3 aromatic rings. The molecule has 4 N–H and O–H groups in total. The smallest absolute Gasteiger partial charge is 0.159 e. The number of benzene rings is 1. The first kappa shape index (κ1) is 21.0. The Morgan fingerprint density at radius 1 is 1.22 bits per heavy atom. The number of carbonyl (C=O) groups is 1. The number of nitrogens with zero attached hydrogens (tertiary/aromatic N) is 2. The van der Waals surface area contributed by atoms with Crippen molar-refractivity contribution in [3.8, 4) is 11.3 Å². The summed E-state index contributed by atoms with van der Waals surface area (Å²) < 4.78 is 0. The first-order valence-electron chi connectivity index (χ1n) is 8.80. The van der Waals surface area contributed by atoms with Crippen LogP contribution in [0.4, 0.5) is 0 Å². The van der Waals surface area contributed by atoms with E-state index in [0.717, 1.165) is 53.1 Å². The third-order valence-electron chi connectivity index (χ3n) is 4.98. The number of aromatic nitrogens is 3. The Labute approximate surface area is 164 Å². The maximum atomic E-state index is 11.4. The number of Topliss-reactive ketones (excluding diaryl/α,β-unsaturated/α-hetero) is 1. The zero-order chi connectivity index (χ0) is 17.4. The number of nitrogens with one attached hydrogen (secondary N) is 2. The molecule has 1 aromatic carbocycles. The largest absolute Gasteiger partial charge is 0.412 e. The monoisotopic (exact) mass is 388 g/mol. The van der Waals surface area contributed by atoms with Crippen LogP contribution in [0.25, 0.3) is 22.3 Å². The highest BCUT2D eigenvalue weighted by Crippen LogP contribution is 2.28. The lowest BCUT2D eigenvalue weighted by Gasteiger charge is -2.26. The quantitative estimate of drug-likeness (QED) is 0.672. The van der Waals surface area contributed by atoms with Crippen LogP contribution in [0.2, 0.25) is 0 Å². The average molecular weight is 389 g/mol. The minimum atomic E-state index is 0. The first-order valence-corrected chi connectivity index (χ1v) is 8.80. The fraction of sp³-hybridized carbons (Fsp3) is 0.350. The number of fused-ring (bicyclic) bond motifs is 1. The number of hydrogen-bond donors (Lipinski definition) is 2. The van der Waals surface area contributed by atoms with Crippen molar-refractivity contribution >= 4 is 29.2 Å². The van der Waals surface area contributed by atoms with Crippen LogP contribution in [0.15, 0.2) is 36.5 Å². The molecule has 2 unspecified atom stereocenters. The first-order chi connectivity index (χ1) is 12.1. The van der Waals surface area contributed by atoms with E-state index in [9.17, 15) is 4.79 Å². The number of ketones is 1. The molecule has 0 bridgehead atoms. The Hall–Kier alpha value is -2.28. The van der Waals surface area contributed by atoms with Crippen molar-refractivity contribution in [2.45, 2.75) is 38.6 Å². The summed E-state index contributed by atoms with van der Waals surface area (Å²) in [7, 11) is 0. The molecule has 1 aliphatic rings. The molecule has 1 saturated heterocycles. The lowest BCUT2D eigenvalue weighted by Crippen LogP contribution is -2.35. The van der Waals surface area contributed by atoms with Crippen molar-refractivity contribution in [1.29, 1.82) is 0 Å². The average Bonchev–Trinajstić information content (AvgIpc) is 3.05. The van der Waals surface area contributed by atoms with Crippen LogP contribution in [0.1, 0.15) is 48.8 Å². The molecule has 7 heteroatoms. The van der Waals surface area contributed by atoms with E-state index in [1.807, 2.05) is 30.5 Å². The molecule has 2 aromatic heterocycles. The molecule has 144 valence electrons. The van der Waals surface area contributed by atoms with Crippen LogP contribution >= 0.6 is 12.4 Å². The Morgan fingerprint density at radius 3 is 2.63 bits per heavy atom. The lowest BCUT2D eigenvalue weighted by atomic mass is 9.92. The van der Waals surface area contributed by atoms with Gasteiger partial charge in [-0.15, -0.1) is 12.4 Å². The molecule has 0 aliphatic carbocycles. The van der Waals surface area contributed by atoms with Gasteiger partial charge in [0, 0.05) is 23.2 Å². The van der Waals surface area contributed by atoms with Crippen LogP contribution < -0.4 is 5.32 Å². The molecular weight excluding hydrogens is 364 g/mol. The number of carbonyl (C=O) groups excluding carboxylic acids is 1. The summed E-state index contributed by atoms with van der Waals surface area (Å²) in [5, 5.41) is 3.47. The molecule has 0 saturated carbocycles. The highest BCUT2D eigenvalue weighted by atomic mass is 35.5. The molecule has 1 aliphatic heterocycles. The van der Waals surface area contributed by atoms with Gasteiger partial charge in [0.25, 0.3) is 0 Å². The second-order valence-electron chi connectivity index (χ2n) is 6.92. The summed E-state index contributed by atoms with van der Waals surface area (Å²) in [5.74, 6) is 1.45. The summed E-state index contributed by atoms with van der Waals surface area (Å²) in [6.07, 6.45) is 4.05. The van der Waals surface area contributed by atoms with E-state index in [-0.39, 0.29) is 23.7 Å². The predicted molar refractivity (Wildman–Crippen MR) is 110 cm³/mol. The van der Waals surface area contributed by atoms with Crippen LogP contribution in [-0.4, -0.2) is 38.8 Å². The normalized spacial score (nSPS) is 19.2. The molecule has 3 heterocycles. The van der Waals surface area contributed by atoms with Gasteiger partial charge in [-0.3, -0.25) is 4.79 Å². The van der Waals surface area contributed by atoms with E-state index in [0.29, 0.717) is 12.0 Å². The molecule has 27 heavy (non-hydrogen) atoms. The summed E-state index contributed by atoms with van der Waals surface area (Å²) in [4.78, 5) is 24.2. The molecule has 0 amide bonds. The topological polar surface area (TPSA) is 102 Å². The van der Waals surface area contributed by atoms with Gasteiger partial charge in [0.1, 0.15) is 5.82 Å². The van der Waals surface area contributed by atoms with E-state index in [2.05, 4.69) is 28.3 Å². The van der Waals surface area contributed by atoms with Crippen LogP contribution in [0, 0.1) is 0 Å². The minimum absolute atomic E-state index is 0. The van der Waals surface area contributed by atoms with Crippen molar-refractivity contribution in [3.05, 3.63) is 47.9 Å². The fourth-order valence-electron chi connectivity index (χ4n) is 3.54. The van der Waals surface area contributed by atoms with Crippen molar-refractivity contribution in [1.82, 2.24) is 20.3 Å². The van der Waals surface area contributed by atoms with Crippen LogP contribution in [0.3, 0.4) is 0 Å². The van der Waals surface area contributed by atoms with E-state index in [1.54, 1.807) is 6.92 Å². The molecule has 0 radical (unpaired) electrons. The van der Waals surface area contributed by atoms with Crippen molar-refractivity contribution in [3.63, 3.8) is 0 Å². The van der Waals surface area contributed by atoms with Gasteiger partial charge in [-0.25, -0.2) is 9.97 Å². The summed E-state index contributed by atoms with van der Waals surface area (Å²) in [5.41, 5.74) is 4.65. The van der Waals surface area contributed by atoms with Gasteiger partial charge in [0.2, 0.25) is 0 Å². The van der Waals surface area contributed by atoms with E-state index in [1.165, 1.54) is 0 Å². The number of hydrogen-bond acceptors (Lipinski definition) is 4. The Balaban J connectivity index is 0.00000131. The molecule has 4 rings (SSSR count). The van der Waals surface area contributed by atoms with E-state index in [4.69, 9.17) is 4.98 Å². The van der Waals surface area contributed by atoms with Gasteiger partial charge < -0.3 is 15.8 Å².